The summed E-state index contributed by atoms with van der Waals surface area (Å²) < 4.78 is 12.7. The van der Waals surface area contributed by atoms with Crippen molar-refractivity contribution in [2.24, 2.45) is 17.8 Å². The van der Waals surface area contributed by atoms with Gasteiger partial charge in [-0.05, 0) is 36.7 Å². The first-order chi connectivity index (χ1) is 19.0. The Bertz CT molecular complexity index is 971. The molecule has 0 aliphatic heterocycles. The molecule has 0 saturated heterocycles. The van der Waals surface area contributed by atoms with Crippen LogP contribution in [0, 0.1) is 30.1 Å². The lowest BCUT2D eigenvalue weighted by molar-refractivity contribution is -0.132. The number of benzene rings is 1. The van der Waals surface area contributed by atoms with Crippen LogP contribution in [0.4, 0.5) is 0 Å². The van der Waals surface area contributed by atoms with Crippen molar-refractivity contribution in [3.63, 3.8) is 0 Å². The van der Waals surface area contributed by atoms with Crippen molar-refractivity contribution in [1.29, 1.82) is 0 Å². The number of nitrogens with one attached hydrogen (secondary N) is 2. The molecular weight excluding hydrogens is 524 g/mol. The summed E-state index contributed by atoms with van der Waals surface area (Å²) in [4.78, 5) is 27.0. The van der Waals surface area contributed by atoms with Crippen LogP contribution in [0.15, 0.2) is 30.3 Å². The van der Waals surface area contributed by atoms with E-state index in [0.29, 0.717) is 25.2 Å². The molecule has 0 heterocycles. The summed E-state index contributed by atoms with van der Waals surface area (Å²) in [5.41, 5.74) is 0.941. The van der Waals surface area contributed by atoms with Gasteiger partial charge in [0.25, 0.3) is 0 Å². The van der Waals surface area contributed by atoms with Crippen molar-refractivity contribution in [3.8, 4) is 12.3 Å². The monoisotopic (exact) mass is 574 g/mol. The molecule has 2 amide bonds. The van der Waals surface area contributed by atoms with Gasteiger partial charge in [0.05, 0.1) is 18.1 Å². The third-order valence-electron chi connectivity index (χ3n) is 7.70. The van der Waals surface area contributed by atoms with Crippen molar-refractivity contribution in [2.75, 3.05) is 5.75 Å². The zero-order valence-corrected chi connectivity index (χ0v) is 25.5. The van der Waals surface area contributed by atoms with E-state index in [-0.39, 0.29) is 29.2 Å². The first-order valence-electron chi connectivity index (χ1n) is 14.8. The fraction of sp³-hybridized carbons (Fsp3) is 0.688. The highest BCUT2D eigenvalue weighted by atomic mass is 32.2. The molecule has 6 atom stereocenters. The maximum atomic E-state index is 13.5. The highest BCUT2D eigenvalue weighted by Gasteiger charge is 2.34. The maximum absolute atomic E-state index is 13.5. The second-order valence-electron chi connectivity index (χ2n) is 12.0. The summed E-state index contributed by atoms with van der Waals surface area (Å²) in [5.74, 6) is 1.73. The Balaban J connectivity index is 2.20. The van der Waals surface area contributed by atoms with E-state index in [2.05, 4.69) is 16.6 Å². The number of hydrogen-bond acceptors (Lipinski definition) is 5. The van der Waals surface area contributed by atoms with Crippen LogP contribution in [0.3, 0.4) is 0 Å². The molecule has 1 aliphatic carbocycles. The molecule has 1 unspecified atom stereocenters. The first-order valence-corrected chi connectivity index (χ1v) is 16.2. The lowest BCUT2D eigenvalue weighted by Gasteiger charge is -2.33. The van der Waals surface area contributed by atoms with Gasteiger partial charge in [0.1, 0.15) is 12.1 Å². The second-order valence-corrected chi connectivity index (χ2v) is 14.0. The van der Waals surface area contributed by atoms with Gasteiger partial charge in [0.15, 0.2) is 0 Å². The van der Waals surface area contributed by atoms with Crippen LogP contribution in [0.25, 0.3) is 0 Å². The minimum atomic E-state index is -1.22. The topological polar surface area (TPSA) is 116 Å². The summed E-state index contributed by atoms with van der Waals surface area (Å²) in [6.45, 7) is 7.66. The van der Waals surface area contributed by atoms with E-state index in [4.69, 9.17) is 6.42 Å². The van der Waals surface area contributed by atoms with Gasteiger partial charge in [0, 0.05) is 28.2 Å². The molecule has 0 radical (unpaired) electrons. The van der Waals surface area contributed by atoms with Crippen LogP contribution in [-0.2, 0) is 26.8 Å². The molecule has 1 aliphatic rings. The minimum Gasteiger partial charge on any atom is -0.390 e. The third kappa shape index (κ3) is 11.7. The molecular formula is C32H50N2O5S. The Labute approximate surface area is 243 Å². The fourth-order valence-electron chi connectivity index (χ4n) is 5.37. The molecule has 4 N–H and O–H groups in total. The minimum absolute atomic E-state index is 0.0241. The summed E-state index contributed by atoms with van der Waals surface area (Å²) in [7, 11) is -1.22. The molecule has 0 bridgehead atoms. The Kier molecular flexibility index (Phi) is 14.9. The van der Waals surface area contributed by atoms with Gasteiger partial charge in [-0.2, -0.15) is 0 Å². The predicted molar refractivity (Wildman–Crippen MR) is 162 cm³/mol. The largest absolute Gasteiger partial charge is 0.390 e. The summed E-state index contributed by atoms with van der Waals surface area (Å²) >= 11 is 0. The van der Waals surface area contributed by atoms with Gasteiger partial charge in [-0.3, -0.25) is 13.8 Å². The molecule has 2 rings (SSSR count). The summed E-state index contributed by atoms with van der Waals surface area (Å²) in [6.07, 6.45) is 10.3. The zero-order chi connectivity index (χ0) is 29.7. The normalized spacial score (nSPS) is 18.8. The van der Waals surface area contributed by atoms with Gasteiger partial charge in [0.2, 0.25) is 11.8 Å². The Morgan fingerprint density at radius 1 is 1.02 bits per heavy atom. The van der Waals surface area contributed by atoms with Crippen molar-refractivity contribution < 1.29 is 24.0 Å². The number of terminal acetylenes is 1. The first kappa shape index (κ1) is 34.0. The van der Waals surface area contributed by atoms with E-state index in [1.54, 1.807) is 0 Å². The number of aliphatic hydroxyl groups excluding tert-OH is 2. The van der Waals surface area contributed by atoms with Crippen LogP contribution in [0.5, 0.6) is 0 Å². The van der Waals surface area contributed by atoms with Crippen molar-refractivity contribution in [3.05, 3.63) is 35.9 Å². The average molecular weight is 575 g/mol. The number of carbonyl (C=O) groups is 2. The molecule has 1 aromatic rings. The van der Waals surface area contributed by atoms with Gasteiger partial charge in [-0.1, -0.05) is 90.1 Å². The Morgan fingerprint density at radius 2 is 1.68 bits per heavy atom. The Morgan fingerprint density at radius 3 is 2.25 bits per heavy atom. The second kappa shape index (κ2) is 17.6. The number of rotatable bonds is 16. The number of carbonyl (C=O) groups excluding carboxylic acids is 2. The van der Waals surface area contributed by atoms with E-state index in [9.17, 15) is 24.0 Å². The molecule has 0 spiro atoms. The molecule has 1 saturated carbocycles. The van der Waals surface area contributed by atoms with Crippen LogP contribution < -0.4 is 10.6 Å². The third-order valence-corrected chi connectivity index (χ3v) is 9.48. The number of hydrogen-bond donors (Lipinski definition) is 4. The van der Waals surface area contributed by atoms with Gasteiger partial charge >= 0.3 is 0 Å². The molecule has 40 heavy (non-hydrogen) atoms. The van der Waals surface area contributed by atoms with Gasteiger partial charge < -0.3 is 20.8 Å². The van der Waals surface area contributed by atoms with Crippen LogP contribution >= 0.6 is 0 Å². The van der Waals surface area contributed by atoms with E-state index in [1.807, 2.05) is 58.0 Å². The van der Waals surface area contributed by atoms with Crippen LogP contribution in [0.2, 0.25) is 0 Å². The Hall–Kier alpha value is -2.21. The van der Waals surface area contributed by atoms with E-state index < -0.39 is 46.9 Å². The highest BCUT2D eigenvalue weighted by Crippen LogP contribution is 2.29. The zero-order valence-electron chi connectivity index (χ0n) is 24.7. The maximum Gasteiger partial charge on any atom is 0.243 e. The van der Waals surface area contributed by atoms with E-state index >= 15 is 0 Å². The van der Waals surface area contributed by atoms with Crippen LogP contribution in [0.1, 0.15) is 84.6 Å². The molecule has 1 fully saturated rings. The molecule has 224 valence electrons. The average Bonchev–Trinajstić information content (AvgIpc) is 2.92. The smallest absolute Gasteiger partial charge is 0.243 e. The van der Waals surface area contributed by atoms with Gasteiger partial charge in [-0.15, -0.1) is 12.3 Å². The summed E-state index contributed by atoms with van der Waals surface area (Å²) in [6, 6.07) is 7.86. The lowest BCUT2D eigenvalue weighted by atomic mass is 9.82. The van der Waals surface area contributed by atoms with Crippen LogP contribution in [-0.4, -0.2) is 61.5 Å². The fourth-order valence-corrected chi connectivity index (χ4v) is 6.42. The number of aliphatic hydroxyl groups is 2. The SMILES string of the molecule is C#CC[C@H](NC(=O)[C@H](Cc1ccccc1)CS(=O)C(C)C)C(=O)N[C@@H](CC1CCCCC1)[C@@H](O)[C@@H](O)CC(C)C. The standard InChI is InChI=1S/C32H50N2O5S/c1-6-13-27(33-31(37)26(21-40(39)23(4)5)19-24-14-9-7-10-15-24)32(38)34-28(20-25-16-11-8-12-17-25)30(36)29(35)18-22(2)3/h1,7,9-10,14-15,22-23,25-30,35-36H,8,11-13,16-21H2,2-5H3,(H,33,37)(H,34,38)/t26-,27+,28+,29+,30-,40?/m1/s1. The van der Waals surface area contributed by atoms with Crippen molar-refractivity contribution in [1.82, 2.24) is 10.6 Å². The van der Waals surface area contributed by atoms with Crippen molar-refractivity contribution >= 4 is 22.6 Å². The predicted octanol–water partition coefficient (Wildman–Crippen LogP) is 3.73. The van der Waals surface area contributed by atoms with Crippen molar-refractivity contribution in [2.45, 2.75) is 115 Å². The molecule has 8 heteroatoms. The quantitative estimate of drug-likeness (QED) is 0.225. The molecule has 7 nitrogen and oxygen atoms in total. The molecule has 0 aromatic heterocycles. The number of amides is 2. The summed E-state index contributed by atoms with van der Waals surface area (Å²) in [5, 5.41) is 27.4. The molecule has 1 aromatic carbocycles. The highest BCUT2D eigenvalue weighted by molar-refractivity contribution is 7.85. The van der Waals surface area contributed by atoms with E-state index in [0.717, 1.165) is 31.2 Å². The lowest BCUT2D eigenvalue weighted by Crippen LogP contribution is -2.56. The van der Waals surface area contributed by atoms with Gasteiger partial charge in [-0.25, -0.2) is 0 Å². The van der Waals surface area contributed by atoms with E-state index in [1.165, 1.54) is 6.42 Å².